The molecule has 326 valence electrons. The molecule has 0 saturated carbocycles. The van der Waals surface area contributed by atoms with Gasteiger partial charge in [0.25, 0.3) is 0 Å². The highest BCUT2D eigenvalue weighted by Crippen LogP contribution is 2.17. The van der Waals surface area contributed by atoms with E-state index in [1.54, 1.807) is 0 Å². The van der Waals surface area contributed by atoms with Crippen LogP contribution in [0.3, 0.4) is 0 Å². The van der Waals surface area contributed by atoms with Crippen molar-refractivity contribution in [2.75, 3.05) is 13.2 Å². The van der Waals surface area contributed by atoms with Gasteiger partial charge in [0, 0.05) is 19.3 Å². The first-order chi connectivity index (χ1) is 26.8. The van der Waals surface area contributed by atoms with Crippen molar-refractivity contribution in [1.29, 1.82) is 0 Å². The van der Waals surface area contributed by atoms with E-state index in [1.807, 2.05) is 0 Å². The number of carbonyl (C=O) groups excluding carboxylic acids is 3. The van der Waals surface area contributed by atoms with Gasteiger partial charge in [-0.1, -0.05) is 227 Å². The van der Waals surface area contributed by atoms with E-state index >= 15 is 0 Å². The van der Waals surface area contributed by atoms with Crippen LogP contribution >= 0.6 is 0 Å². The molecule has 0 radical (unpaired) electrons. The van der Waals surface area contributed by atoms with Crippen molar-refractivity contribution >= 4 is 17.9 Å². The molecule has 0 N–H and O–H groups in total. The first-order valence-corrected chi connectivity index (χ1v) is 24.3. The number of hydrogen-bond acceptors (Lipinski definition) is 6. The Kier molecular flexibility index (Phi) is 40.8. The van der Waals surface area contributed by atoms with Crippen molar-refractivity contribution in [3.8, 4) is 0 Å². The summed E-state index contributed by atoms with van der Waals surface area (Å²) in [7, 11) is 0. The summed E-state index contributed by atoms with van der Waals surface area (Å²) in [5, 5.41) is 0. The van der Waals surface area contributed by atoms with Gasteiger partial charge < -0.3 is 14.2 Å². The molecule has 0 spiro atoms. The molecule has 0 amide bonds. The molecular weight excluding hydrogens is 685 g/mol. The Morgan fingerprint density at radius 2 is 0.691 bits per heavy atom. The van der Waals surface area contributed by atoms with Crippen molar-refractivity contribution in [3.63, 3.8) is 0 Å². The summed E-state index contributed by atoms with van der Waals surface area (Å²) in [4.78, 5) is 37.8. The molecular formula is C49H94O6. The molecule has 0 aromatic heterocycles. The molecule has 0 aliphatic rings. The largest absolute Gasteiger partial charge is 0.462 e. The predicted molar refractivity (Wildman–Crippen MR) is 233 cm³/mol. The molecule has 0 aliphatic carbocycles. The second kappa shape index (κ2) is 42.0. The van der Waals surface area contributed by atoms with Crippen LogP contribution in [0.4, 0.5) is 0 Å². The van der Waals surface area contributed by atoms with E-state index in [4.69, 9.17) is 14.2 Å². The van der Waals surface area contributed by atoms with Crippen molar-refractivity contribution in [3.05, 3.63) is 0 Å². The zero-order valence-electron chi connectivity index (χ0n) is 37.6. The molecule has 2 atom stereocenters. The topological polar surface area (TPSA) is 78.9 Å². The fraction of sp³-hybridized carbons (Fsp3) is 0.939. The molecule has 0 aromatic carbocycles. The van der Waals surface area contributed by atoms with E-state index in [2.05, 4.69) is 34.6 Å². The van der Waals surface area contributed by atoms with Gasteiger partial charge in [-0.05, 0) is 31.1 Å². The van der Waals surface area contributed by atoms with Crippen LogP contribution in [0.15, 0.2) is 0 Å². The highest BCUT2D eigenvalue weighted by Gasteiger charge is 2.19. The first kappa shape index (κ1) is 53.4. The molecule has 55 heavy (non-hydrogen) atoms. The van der Waals surface area contributed by atoms with Crippen LogP contribution in [0.5, 0.6) is 0 Å². The first-order valence-electron chi connectivity index (χ1n) is 24.3. The second-order valence-corrected chi connectivity index (χ2v) is 17.5. The minimum atomic E-state index is -0.761. The van der Waals surface area contributed by atoms with E-state index in [0.29, 0.717) is 19.3 Å². The third-order valence-corrected chi connectivity index (χ3v) is 11.3. The Morgan fingerprint density at radius 1 is 0.382 bits per heavy atom. The fourth-order valence-electron chi connectivity index (χ4n) is 7.25. The maximum Gasteiger partial charge on any atom is 0.306 e. The van der Waals surface area contributed by atoms with Crippen molar-refractivity contribution in [2.45, 2.75) is 272 Å². The van der Waals surface area contributed by atoms with Crippen LogP contribution in [0.2, 0.25) is 0 Å². The lowest BCUT2D eigenvalue weighted by Gasteiger charge is -2.18. The maximum atomic E-state index is 12.7. The van der Waals surface area contributed by atoms with Gasteiger partial charge >= 0.3 is 17.9 Å². The molecule has 0 rings (SSSR count). The fourth-order valence-corrected chi connectivity index (χ4v) is 7.25. The Hall–Kier alpha value is -1.59. The van der Waals surface area contributed by atoms with Gasteiger partial charge in [0.05, 0.1) is 0 Å². The SMILES string of the molecule is CCCCCCCCCCCCCCCCCC(=O)OC[C@@H](COC(=O)CCCCCCCCC(C)CC)OC(=O)CCCCCCCCCCCC(C)C. The monoisotopic (exact) mass is 779 g/mol. The lowest BCUT2D eigenvalue weighted by molar-refractivity contribution is -0.167. The number of carbonyl (C=O) groups is 3. The Labute approximate surface area is 342 Å². The summed E-state index contributed by atoms with van der Waals surface area (Å²) in [6.07, 6.45) is 40.9. The second-order valence-electron chi connectivity index (χ2n) is 17.5. The van der Waals surface area contributed by atoms with Crippen molar-refractivity contribution in [1.82, 2.24) is 0 Å². The quantitative estimate of drug-likeness (QED) is 0.0348. The number of esters is 3. The lowest BCUT2D eigenvalue weighted by atomic mass is 10.00. The van der Waals surface area contributed by atoms with E-state index in [1.165, 1.54) is 154 Å². The van der Waals surface area contributed by atoms with Crippen LogP contribution in [0.25, 0.3) is 0 Å². The molecule has 0 aliphatic heterocycles. The molecule has 0 bridgehead atoms. The average molecular weight is 779 g/mol. The van der Waals surface area contributed by atoms with E-state index in [9.17, 15) is 14.4 Å². The summed E-state index contributed by atoms with van der Waals surface area (Å²) in [5.74, 6) is 0.763. The summed E-state index contributed by atoms with van der Waals surface area (Å²) in [6, 6.07) is 0. The molecule has 6 heteroatoms. The van der Waals surface area contributed by atoms with Crippen molar-refractivity contribution in [2.24, 2.45) is 11.8 Å². The van der Waals surface area contributed by atoms with E-state index in [-0.39, 0.29) is 31.1 Å². The zero-order valence-corrected chi connectivity index (χ0v) is 37.6. The van der Waals surface area contributed by atoms with Crippen LogP contribution < -0.4 is 0 Å². The average Bonchev–Trinajstić information content (AvgIpc) is 3.17. The summed E-state index contributed by atoms with van der Waals surface area (Å²) < 4.78 is 16.7. The number of hydrogen-bond donors (Lipinski definition) is 0. The zero-order chi connectivity index (χ0) is 40.5. The Bertz CT molecular complexity index is 841. The van der Waals surface area contributed by atoms with Gasteiger partial charge in [0.15, 0.2) is 6.10 Å². The summed E-state index contributed by atoms with van der Waals surface area (Å²) in [5.41, 5.74) is 0. The molecule has 0 heterocycles. The van der Waals surface area contributed by atoms with Crippen molar-refractivity contribution < 1.29 is 28.6 Å². The van der Waals surface area contributed by atoms with Gasteiger partial charge in [-0.2, -0.15) is 0 Å². The minimum Gasteiger partial charge on any atom is -0.462 e. The number of rotatable bonds is 43. The molecule has 1 unspecified atom stereocenters. The standard InChI is InChI=1S/C49H94O6/c1-6-8-9-10-11-12-13-14-15-16-17-20-23-29-34-39-47(50)53-42-46(43-54-48(51)40-35-30-26-25-28-33-38-45(5)7-2)55-49(52)41-36-31-24-21-18-19-22-27-32-37-44(3)4/h44-46H,6-43H2,1-5H3/t45?,46-/m0/s1. The lowest BCUT2D eigenvalue weighted by Crippen LogP contribution is -2.30. The summed E-state index contributed by atoms with van der Waals surface area (Å²) in [6.45, 7) is 11.3. The van der Waals surface area contributed by atoms with Gasteiger partial charge in [0.2, 0.25) is 0 Å². The third kappa shape index (κ3) is 41.9. The van der Waals surface area contributed by atoms with Gasteiger partial charge in [0.1, 0.15) is 13.2 Å². The van der Waals surface area contributed by atoms with Crippen LogP contribution in [0, 0.1) is 11.8 Å². The van der Waals surface area contributed by atoms with E-state index in [0.717, 1.165) is 69.6 Å². The Balaban J connectivity index is 4.31. The molecule has 6 nitrogen and oxygen atoms in total. The summed E-state index contributed by atoms with van der Waals surface area (Å²) >= 11 is 0. The molecule has 0 saturated heterocycles. The smallest absolute Gasteiger partial charge is 0.306 e. The van der Waals surface area contributed by atoms with Gasteiger partial charge in [-0.15, -0.1) is 0 Å². The maximum absolute atomic E-state index is 12.7. The van der Waals surface area contributed by atoms with E-state index < -0.39 is 6.10 Å². The normalized spacial score (nSPS) is 12.5. The van der Waals surface area contributed by atoms with Crippen LogP contribution in [-0.2, 0) is 28.6 Å². The van der Waals surface area contributed by atoms with Crippen LogP contribution in [0.1, 0.15) is 266 Å². The third-order valence-electron chi connectivity index (χ3n) is 11.3. The highest BCUT2D eigenvalue weighted by atomic mass is 16.6. The van der Waals surface area contributed by atoms with Crippen LogP contribution in [-0.4, -0.2) is 37.2 Å². The van der Waals surface area contributed by atoms with Gasteiger partial charge in [-0.25, -0.2) is 0 Å². The predicted octanol–water partition coefficient (Wildman–Crippen LogP) is 15.4. The minimum absolute atomic E-state index is 0.0651. The number of unbranched alkanes of at least 4 members (excludes halogenated alkanes) is 27. The molecule has 0 fully saturated rings. The van der Waals surface area contributed by atoms with Gasteiger partial charge in [-0.3, -0.25) is 14.4 Å². The number of ether oxygens (including phenoxy) is 3. The molecule has 0 aromatic rings. The highest BCUT2D eigenvalue weighted by molar-refractivity contribution is 5.71. The Morgan fingerprint density at radius 3 is 1.04 bits per heavy atom.